The van der Waals surface area contributed by atoms with Gasteiger partial charge in [-0.15, -0.1) is 0 Å². The molecule has 3 aromatic carbocycles. The van der Waals surface area contributed by atoms with E-state index in [0.717, 1.165) is 36.4 Å². The summed E-state index contributed by atoms with van der Waals surface area (Å²) in [4.78, 5) is 17.4. The van der Waals surface area contributed by atoms with E-state index in [2.05, 4.69) is 30.6 Å². The highest BCUT2D eigenvalue weighted by Gasteiger charge is 2.26. The maximum absolute atomic E-state index is 14.9. The quantitative estimate of drug-likeness (QED) is 0.350. The molecule has 6 nitrogen and oxygen atoms in total. The molecule has 2 heterocycles. The van der Waals surface area contributed by atoms with Gasteiger partial charge >= 0.3 is 5.69 Å². The van der Waals surface area contributed by atoms with E-state index in [9.17, 15) is 14.3 Å². The van der Waals surface area contributed by atoms with Crippen LogP contribution in [-0.2, 0) is 6.98 Å². The van der Waals surface area contributed by atoms with E-state index in [4.69, 9.17) is 15.7 Å². The number of nitrogens with zero attached hydrogens (tertiary/aromatic N) is 4. The molecule has 8 heteroatoms. The highest BCUT2D eigenvalue weighted by atomic mass is 35.5. The number of rotatable bonds is 4. The number of hydrogen-bond donors (Lipinski definition) is 1. The Bertz CT molecular complexity index is 1650. The van der Waals surface area contributed by atoms with Crippen LogP contribution < -0.4 is 10.6 Å². The molecule has 1 fully saturated rings. The Morgan fingerprint density at radius 3 is 2.24 bits per heavy atom. The molecule has 0 radical (unpaired) electrons. The summed E-state index contributed by atoms with van der Waals surface area (Å²) in [6, 6.07) is 14.9. The zero-order chi connectivity index (χ0) is 29.7. The number of imidazole rings is 1. The monoisotopic (exact) mass is 537 g/mol. The molecule has 1 aromatic heterocycles. The van der Waals surface area contributed by atoms with Crippen LogP contribution >= 0.6 is 11.6 Å². The van der Waals surface area contributed by atoms with Crippen LogP contribution in [0, 0.1) is 5.82 Å². The predicted octanol–water partition coefficient (Wildman–Crippen LogP) is 5.93. The Labute approximate surface area is 231 Å². The summed E-state index contributed by atoms with van der Waals surface area (Å²) in [5, 5.41) is 11.4. The number of phenols is 1. The van der Waals surface area contributed by atoms with Gasteiger partial charge in [0.2, 0.25) is 0 Å². The smallest absolute Gasteiger partial charge is 0.332 e. The lowest BCUT2D eigenvalue weighted by Gasteiger charge is -2.43. The first-order valence-corrected chi connectivity index (χ1v) is 12.9. The SMILES string of the molecule is [2H]C([2H])([2H])n1ccn(-c2ccc(-c3cc(F)cc(-c4cccc(N5CCN(C(C)(C)C)CC5)c4)c3O)cc2Cl)c1=O. The Hall–Kier alpha value is -3.55. The molecule has 1 saturated heterocycles. The Morgan fingerprint density at radius 1 is 0.947 bits per heavy atom. The van der Waals surface area contributed by atoms with Crippen molar-refractivity contribution in [2.75, 3.05) is 31.1 Å². The number of halogens is 2. The molecule has 1 N–H and O–H groups in total. The lowest BCUT2D eigenvalue weighted by atomic mass is 9.96. The van der Waals surface area contributed by atoms with Crippen molar-refractivity contribution in [2.24, 2.45) is 6.98 Å². The Kier molecular flexibility index (Phi) is 5.88. The number of benzene rings is 3. The number of aryl methyl sites for hydroxylation is 1. The zero-order valence-corrected chi connectivity index (χ0v) is 22.3. The van der Waals surface area contributed by atoms with Crippen LogP contribution in [0.15, 0.2) is 71.8 Å². The van der Waals surface area contributed by atoms with E-state index in [-0.39, 0.29) is 27.6 Å². The minimum Gasteiger partial charge on any atom is -0.507 e. The van der Waals surface area contributed by atoms with E-state index in [1.165, 1.54) is 36.7 Å². The highest BCUT2D eigenvalue weighted by Crippen LogP contribution is 2.41. The van der Waals surface area contributed by atoms with Gasteiger partial charge in [0.25, 0.3) is 0 Å². The second kappa shape index (κ2) is 9.97. The van der Waals surface area contributed by atoms with Crippen molar-refractivity contribution in [2.45, 2.75) is 26.3 Å². The summed E-state index contributed by atoms with van der Waals surface area (Å²) in [6.45, 7) is 7.62. The minimum atomic E-state index is -2.63. The average molecular weight is 538 g/mol. The molecule has 4 aromatic rings. The third-order valence-electron chi connectivity index (χ3n) is 7.12. The Morgan fingerprint density at radius 2 is 1.63 bits per heavy atom. The zero-order valence-electron chi connectivity index (χ0n) is 24.6. The standard InChI is InChI=1S/C30H32ClFN4O2/c1-30(2,3)35-13-11-34(12-14-35)23-7-5-6-20(16-23)24-18-22(32)19-25(28(24)37)21-8-9-27(26(31)17-21)36-15-10-33(4)29(36)38/h5-10,15-19,37H,11-14H2,1-4H3/i4D3. The lowest BCUT2D eigenvalue weighted by molar-refractivity contribution is 0.128. The van der Waals surface area contributed by atoms with Crippen molar-refractivity contribution in [3.63, 3.8) is 0 Å². The maximum Gasteiger partial charge on any atom is 0.332 e. The van der Waals surface area contributed by atoms with Crippen LogP contribution in [-0.4, -0.2) is 50.9 Å². The van der Waals surface area contributed by atoms with Crippen LogP contribution in [0.4, 0.5) is 10.1 Å². The third kappa shape index (κ3) is 4.96. The molecule has 0 bridgehead atoms. The van der Waals surface area contributed by atoms with Gasteiger partial charge in [0.1, 0.15) is 11.6 Å². The van der Waals surface area contributed by atoms with Gasteiger partial charge < -0.3 is 14.6 Å². The fourth-order valence-electron chi connectivity index (χ4n) is 4.98. The average Bonchev–Trinajstić information content (AvgIpc) is 3.31. The molecule has 0 amide bonds. The molecule has 1 aliphatic heterocycles. The first-order chi connectivity index (χ1) is 19.2. The van der Waals surface area contributed by atoms with Crippen LogP contribution in [0.2, 0.25) is 5.02 Å². The molecule has 1 aliphatic rings. The molecule has 198 valence electrons. The second-order valence-corrected chi connectivity index (χ2v) is 10.9. The van der Waals surface area contributed by atoms with Crippen LogP contribution in [0.1, 0.15) is 24.9 Å². The number of phenolic OH excluding ortho intramolecular Hbond substituents is 1. The van der Waals surface area contributed by atoms with Crippen molar-refractivity contribution in [1.82, 2.24) is 14.0 Å². The predicted molar refractivity (Wildman–Crippen MR) is 152 cm³/mol. The van der Waals surface area contributed by atoms with E-state index < -0.39 is 18.5 Å². The van der Waals surface area contributed by atoms with Crippen molar-refractivity contribution in [3.05, 3.63) is 88.3 Å². The number of aromatic nitrogens is 2. The van der Waals surface area contributed by atoms with Crippen molar-refractivity contribution in [1.29, 1.82) is 0 Å². The molecule has 38 heavy (non-hydrogen) atoms. The number of hydrogen-bond acceptors (Lipinski definition) is 4. The second-order valence-electron chi connectivity index (χ2n) is 10.5. The third-order valence-corrected chi connectivity index (χ3v) is 7.42. The molecule has 0 atom stereocenters. The van der Waals surface area contributed by atoms with Gasteiger partial charge in [-0.3, -0.25) is 9.47 Å². The van der Waals surface area contributed by atoms with Crippen LogP contribution in [0.25, 0.3) is 27.9 Å². The van der Waals surface area contributed by atoms with Gasteiger partial charge in [-0.25, -0.2) is 9.18 Å². The van der Waals surface area contributed by atoms with Gasteiger partial charge in [0, 0.05) is 72.0 Å². The lowest BCUT2D eigenvalue weighted by Crippen LogP contribution is -2.53. The van der Waals surface area contributed by atoms with Crippen molar-refractivity contribution >= 4 is 17.3 Å². The largest absolute Gasteiger partial charge is 0.507 e. The van der Waals surface area contributed by atoms with E-state index >= 15 is 0 Å². The van der Waals surface area contributed by atoms with Crippen LogP contribution in [0.3, 0.4) is 0 Å². The summed E-state index contributed by atoms with van der Waals surface area (Å²) in [5.74, 6) is -0.626. The normalized spacial score (nSPS) is 16.2. The summed E-state index contributed by atoms with van der Waals surface area (Å²) >= 11 is 6.51. The highest BCUT2D eigenvalue weighted by molar-refractivity contribution is 6.32. The van der Waals surface area contributed by atoms with Gasteiger partial charge in [0.15, 0.2) is 0 Å². The van der Waals surface area contributed by atoms with Gasteiger partial charge in [-0.05, 0) is 68.3 Å². The summed E-state index contributed by atoms with van der Waals surface area (Å²) in [5.41, 5.74) is 2.31. The van der Waals surface area contributed by atoms with Crippen molar-refractivity contribution in [3.8, 4) is 33.7 Å². The molecule has 0 unspecified atom stereocenters. The molecule has 0 saturated carbocycles. The van der Waals surface area contributed by atoms with Gasteiger partial charge in [0.05, 0.1) is 10.7 Å². The van der Waals surface area contributed by atoms with E-state index in [0.29, 0.717) is 21.3 Å². The number of anilines is 1. The van der Waals surface area contributed by atoms with E-state index in [1.807, 2.05) is 24.3 Å². The van der Waals surface area contributed by atoms with E-state index in [1.54, 1.807) is 6.07 Å². The number of aromatic hydroxyl groups is 1. The van der Waals surface area contributed by atoms with Crippen molar-refractivity contribution < 1.29 is 13.6 Å². The molecule has 0 aliphatic carbocycles. The number of piperazine rings is 1. The molecule has 0 spiro atoms. The summed E-state index contributed by atoms with van der Waals surface area (Å²) < 4.78 is 39.2. The fourth-order valence-corrected chi connectivity index (χ4v) is 5.25. The summed E-state index contributed by atoms with van der Waals surface area (Å²) in [7, 11) is 0. The minimum absolute atomic E-state index is 0.101. The topological polar surface area (TPSA) is 53.6 Å². The first-order valence-electron chi connectivity index (χ1n) is 14.0. The van der Waals surface area contributed by atoms with Crippen LogP contribution in [0.5, 0.6) is 5.75 Å². The first kappa shape index (κ1) is 22.4. The van der Waals surface area contributed by atoms with Gasteiger partial charge in [-0.1, -0.05) is 29.8 Å². The molecular formula is C30H32ClFN4O2. The Balaban J connectivity index is 1.46. The maximum atomic E-state index is 14.9. The summed E-state index contributed by atoms with van der Waals surface area (Å²) in [6.07, 6.45) is 2.49. The molecular weight excluding hydrogens is 503 g/mol. The molecule has 5 rings (SSSR count). The van der Waals surface area contributed by atoms with Gasteiger partial charge in [-0.2, -0.15) is 0 Å². The fraction of sp³-hybridized carbons (Fsp3) is 0.300.